The van der Waals surface area contributed by atoms with Gasteiger partial charge in [-0.1, -0.05) is 6.07 Å². The molecule has 126 valence electrons. The van der Waals surface area contributed by atoms with Gasteiger partial charge in [0.2, 0.25) is 5.91 Å². The summed E-state index contributed by atoms with van der Waals surface area (Å²) in [5.41, 5.74) is 4.15. The van der Waals surface area contributed by atoms with E-state index < -0.39 is 0 Å². The summed E-state index contributed by atoms with van der Waals surface area (Å²) >= 11 is 3.47. The number of anilines is 3. The third-order valence-electron chi connectivity index (χ3n) is 4.19. The third-order valence-corrected chi connectivity index (χ3v) is 4.85. The van der Waals surface area contributed by atoms with Crippen LogP contribution in [0, 0.1) is 6.92 Å². The first-order chi connectivity index (χ1) is 11.6. The normalized spacial score (nSPS) is 13.8. The standard InChI is InChI=1S/C19H22BrN3O/c1-14-4-9-18(17(20)12-14)22-19(24)13-21-15-5-7-16(8-6-15)23-10-2-3-11-23/h4-9,12,21H,2-3,10-11,13H2,1H3,(H,22,24). The number of benzene rings is 2. The molecule has 3 rings (SSSR count). The van der Waals surface area contributed by atoms with Crippen molar-refractivity contribution in [2.45, 2.75) is 19.8 Å². The SMILES string of the molecule is Cc1ccc(NC(=O)CNc2ccc(N3CCCC3)cc2)c(Br)c1. The van der Waals surface area contributed by atoms with E-state index in [2.05, 4.69) is 43.6 Å². The van der Waals surface area contributed by atoms with Gasteiger partial charge in [-0.05, 0) is 77.7 Å². The predicted molar refractivity (Wildman–Crippen MR) is 104 cm³/mol. The molecule has 1 amide bonds. The predicted octanol–water partition coefficient (Wildman–Crippen LogP) is 4.41. The molecule has 1 aliphatic heterocycles. The van der Waals surface area contributed by atoms with Crippen LogP contribution >= 0.6 is 15.9 Å². The van der Waals surface area contributed by atoms with Gasteiger partial charge in [0.1, 0.15) is 0 Å². The average molecular weight is 388 g/mol. The number of carbonyl (C=O) groups excluding carboxylic acids is 1. The van der Waals surface area contributed by atoms with Gasteiger partial charge in [-0.3, -0.25) is 4.79 Å². The van der Waals surface area contributed by atoms with Gasteiger partial charge < -0.3 is 15.5 Å². The van der Waals surface area contributed by atoms with E-state index in [1.165, 1.54) is 18.5 Å². The van der Waals surface area contributed by atoms with Crippen LogP contribution in [0.25, 0.3) is 0 Å². The Morgan fingerprint density at radius 3 is 2.50 bits per heavy atom. The summed E-state index contributed by atoms with van der Waals surface area (Å²) < 4.78 is 0.894. The molecule has 2 aromatic carbocycles. The third kappa shape index (κ3) is 4.29. The lowest BCUT2D eigenvalue weighted by Gasteiger charge is -2.18. The van der Waals surface area contributed by atoms with Crippen molar-refractivity contribution in [1.82, 2.24) is 0 Å². The molecule has 0 radical (unpaired) electrons. The van der Waals surface area contributed by atoms with E-state index in [1.807, 2.05) is 37.3 Å². The number of rotatable bonds is 5. The van der Waals surface area contributed by atoms with Crippen molar-refractivity contribution in [3.8, 4) is 0 Å². The highest BCUT2D eigenvalue weighted by atomic mass is 79.9. The fourth-order valence-electron chi connectivity index (χ4n) is 2.86. The zero-order valence-corrected chi connectivity index (χ0v) is 15.4. The van der Waals surface area contributed by atoms with Crippen molar-refractivity contribution in [1.29, 1.82) is 0 Å². The highest BCUT2D eigenvalue weighted by molar-refractivity contribution is 9.10. The fourth-order valence-corrected chi connectivity index (χ4v) is 3.46. The zero-order valence-electron chi connectivity index (χ0n) is 13.8. The molecule has 0 aliphatic carbocycles. The molecule has 0 unspecified atom stereocenters. The van der Waals surface area contributed by atoms with Crippen molar-refractivity contribution < 1.29 is 4.79 Å². The monoisotopic (exact) mass is 387 g/mol. The number of nitrogens with one attached hydrogen (secondary N) is 2. The summed E-state index contributed by atoms with van der Waals surface area (Å²) in [6.07, 6.45) is 2.55. The van der Waals surface area contributed by atoms with E-state index in [1.54, 1.807) is 0 Å². The summed E-state index contributed by atoms with van der Waals surface area (Å²) in [6.45, 7) is 4.54. The minimum absolute atomic E-state index is 0.0665. The molecule has 0 aromatic heterocycles. The quantitative estimate of drug-likeness (QED) is 0.798. The molecular weight excluding hydrogens is 366 g/mol. The molecule has 1 aliphatic rings. The maximum absolute atomic E-state index is 12.1. The molecule has 0 bridgehead atoms. The maximum atomic E-state index is 12.1. The van der Waals surface area contributed by atoms with E-state index in [0.717, 1.165) is 34.5 Å². The smallest absolute Gasteiger partial charge is 0.243 e. The van der Waals surface area contributed by atoms with Crippen LogP contribution in [0.5, 0.6) is 0 Å². The molecule has 1 fully saturated rings. The minimum Gasteiger partial charge on any atom is -0.376 e. The fraction of sp³-hybridized carbons (Fsp3) is 0.316. The first-order valence-corrected chi connectivity index (χ1v) is 9.06. The largest absolute Gasteiger partial charge is 0.376 e. The van der Waals surface area contributed by atoms with Crippen LogP contribution in [0.3, 0.4) is 0 Å². The number of hydrogen-bond acceptors (Lipinski definition) is 3. The van der Waals surface area contributed by atoms with Gasteiger partial charge in [0.15, 0.2) is 0 Å². The van der Waals surface area contributed by atoms with Gasteiger partial charge in [0.05, 0.1) is 12.2 Å². The molecular formula is C19H22BrN3O. The number of amides is 1. The Morgan fingerprint density at radius 2 is 1.83 bits per heavy atom. The Bertz CT molecular complexity index is 709. The molecule has 2 aromatic rings. The maximum Gasteiger partial charge on any atom is 0.243 e. The number of hydrogen-bond donors (Lipinski definition) is 2. The number of nitrogens with zero attached hydrogens (tertiary/aromatic N) is 1. The van der Waals surface area contributed by atoms with E-state index in [4.69, 9.17) is 0 Å². The van der Waals surface area contributed by atoms with Gasteiger partial charge >= 0.3 is 0 Å². The van der Waals surface area contributed by atoms with Gasteiger partial charge in [-0.15, -0.1) is 0 Å². The lowest BCUT2D eigenvalue weighted by atomic mass is 10.2. The van der Waals surface area contributed by atoms with Crippen LogP contribution in [-0.4, -0.2) is 25.5 Å². The van der Waals surface area contributed by atoms with Crippen molar-refractivity contribution in [2.24, 2.45) is 0 Å². The Morgan fingerprint density at radius 1 is 1.12 bits per heavy atom. The molecule has 1 saturated heterocycles. The zero-order chi connectivity index (χ0) is 16.9. The van der Waals surface area contributed by atoms with Gasteiger partial charge in [-0.25, -0.2) is 0 Å². The summed E-state index contributed by atoms with van der Waals surface area (Å²) in [7, 11) is 0. The Hall–Kier alpha value is -2.01. The molecule has 5 heteroatoms. The summed E-state index contributed by atoms with van der Waals surface area (Å²) in [5.74, 6) is -0.0665. The number of aryl methyl sites for hydroxylation is 1. The number of halogens is 1. The van der Waals surface area contributed by atoms with Crippen LogP contribution in [0.15, 0.2) is 46.9 Å². The van der Waals surface area contributed by atoms with Crippen LogP contribution in [0.4, 0.5) is 17.1 Å². The van der Waals surface area contributed by atoms with Crippen molar-refractivity contribution in [2.75, 3.05) is 35.2 Å². The second kappa shape index (κ2) is 7.71. The van der Waals surface area contributed by atoms with Crippen LogP contribution in [0.1, 0.15) is 18.4 Å². The molecule has 2 N–H and O–H groups in total. The topological polar surface area (TPSA) is 44.4 Å². The first-order valence-electron chi connectivity index (χ1n) is 8.27. The lowest BCUT2D eigenvalue weighted by molar-refractivity contribution is -0.114. The van der Waals surface area contributed by atoms with Gasteiger partial charge in [0, 0.05) is 28.9 Å². The molecule has 4 nitrogen and oxygen atoms in total. The highest BCUT2D eigenvalue weighted by Gasteiger charge is 2.12. The lowest BCUT2D eigenvalue weighted by Crippen LogP contribution is -2.22. The molecule has 0 saturated carbocycles. The highest BCUT2D eigenvalue weighted by Crippen LogP contribution is 2.24. The summed E-state index contributed by atoms with van der Waals surface area (Å²) in [6, 6.07) is 14.2. The first kappa shape index (κ1) is 16.8. The van der Waals surface area contributed by atoms with Gasteiger partial charge in [-0.2, -0.15) is 0 Å². The van der Waals surface area contributed by atoms with Crippen LogP contribution in [-0.2, 0) is 4.79 Å². The second-order valence-electron chi connectivity index (χ2n) is 6.13. The van der Waals surface area contributed by atoms with Gasteiger partial charge in [0.25, 0.3) is 0 Å². The Kier molecular flexibility index (Phi) is 5.41. The van der Waals surface area contributed by atoms with Crippen molar-refractivity contribution in [3.63, 3.8) is 0 Å². The van der Waals surface area contributed by atoms with Crippen LogP contribution in [0.2, 0.25) is 0 Å². The average Bonchev–Trinajstić information content (AvgIpc) is 3.11. The van der Waals surface area contributed by atoms with E-state index in [-0.39, 0.29) is 12.5 Å². The van der Waals surface area contributed by atoms with E-state index in [0.29, 0.717) is 0 Å². The molecule has 0 atom stereocenters. The molecule has 24 heavy (non-hydrogen) atoms. The van der Waals surface area contributed by atoms with E-state index in [9.17, 15) is 4.79 Å². The van der Waals surface area contributed by atoms with Crippen LogP contribution < -0.4 is 15.5 Å². The minimum atomic E-state index is -0.0665. The number of carbonyl (C=O) groups is 1. The summed E-state index contributed by atoms with van der Waals surface area (Å²) in [5, 5.41) is 6.07. The van der Waals surface area contributed by atoms with Crippen molar-refractivity contribution in [3.05, 3.63) is 52.5 Å². The Balaban J connectivity index is 1.52. The summed E-state index contributed by atoms with van der Waals surface area (Å²) in [4.78, 5) is 14.5. The molecule has 0 spiro atoms. The molecule has 1 heterocycles. The second-order valence-corrected chi connectivity index (χ2v) is 6.98. The van der Waals surface area contributed by atoms with Crippen molar-refractivity contribution >= 4 is 38.9 Å². The van der Waals surface area contributed by atoms with E-state index >= 15 is 0 Å². The Labute approximate surface area is 151 Å².